The quantitative estimate of drug-likeness (QED) is 0.599. The molecule has 1 saturated heterocycles. The molecule has 1 aliphatic rings. The number of aromatic nitrogens is 4. The van der Waals surface area contributed by atoms with E-state index in [4.69, 9.17) is 0 Å². The molecule has 4 heterocycles. The number of pyridine rings is 2. The topological polar surface area (TPSA) is 98.2 Å². The number of hydrogen-bond acceptors (Lipinski definition) is 7. The predicted molar refractivity (Wildman–Crippen MR) is 104 cm³/mol. The molecule has 0 radical (unpaired) electrons. The smallest absolute Gasteiger partial charge is 0.388 e. The minimum atomic E-state index is -4.87. The van der Waals surface area contributed by atoms with Gasteiger partial charge in [-0.25, -0.2) is 23.4 Å². The molecule has 0 saturated carbocycles. The van der Waals surface area contributed by atoms with Crippen LogP contribution in [0.1, 0.15) is 25.5 Å². The van der Waals surface area contributed by atoms with Crippen molar-refractivity contribution in [1.29, 1.82) is 0 Å². The zero-order valence-electron chi connectivity index (χ0n) is 16.4. The molecule has 3 aromatic heterocycles. The molecule has 0 N–H and O–H groups in total. The summed E-state index contributed by atoms with van der Waals surface area (Å²) in [6.45, 7) is 2.33. The first-order valence-electron chi connectivity index (χ1n) is 9.37. The molecule has 12 heteroatoms. The molecule has 164 valence electrons. The molecular formula is C19H18F3N5O3S. The normalized spacial score (nSPS) is 17.5. The second-order valence-electron chi connectivity index (χ2n) is 7.44. The molecule has 0 bridgehead atoms. The number of hydrogen-bond donors (Lipinski definition) is 0. The second-order valence-corrected chi connectivity index (χ2v) is 9.38. The van der Waals surface area contributed by atoms with Crippen molar-refractivity contribution in [2.75, 3.05) is 13.1 Å². The molecule has 0 aliphatic carbocycles. The zero-order valence-corrected chi connectivity index (χ0v) is 17.2. The van der Waals surface area contributed by atoms with E-state index in [1.165, 1.54) is 35.2 Å². The number of piperidine rings is 1. The van der Waals surface area contributed by atoms with Gasteiger partial charge in [-0.1, -0.05) is 6.92 Å². The van der Waals surface area contributed by atoms with Crippen LogP contribution in [-0.4, -0.2) is 52.1 Å². The largest absolute Gasteiger partial charge is 0.574 e. The molecule has 0 amide bonds. The molecule has 0 spiro atoms. The molecule has 0 unspecified atom stereocenters. The number of sulfonamides is 1. The van der Waals surface area contributed by atoms with Crippen LogP contribution >= 0.6 is 0 Å². The van der Waals surface area contributed by atoms with Gasteiger partial charge in [0.05, 0.1) is 11.2 Å². The Hall–Kier alpha value is -2.86. The second kappa shape index (κ2) is 7.68. The van der Waals surface area contributed by atoms with Gasteiger partial charge in [0.15, 0.2) is 0 Å². The number of ether oxygens (including phenoxy) is 1. The van der Waals surface area contributed by atoms with E-state index in [0.717, 1.165) is 6.07 Å². The van der Waals surface area contributed by atoms with Crippen molar-refractivity contribution in [3.63, 3.8) is 0 Å². The first-order chi connectivity index (χ1) is 14.6. The fourth-order valence-corrected chi connectivity index (χ4v) is 5.05. The number of halogens is 3. The first kappa shape index (κ1) is 21.4. The van der Waals surface area contributed by atoms with E-state index in [9.17, 15) is 21.6 Å². The summed E-state index contributed by atoms with van der Waals surface area (Å²) < 4.78 is 68.8. The number of fused-ring (bicyclic) bond motifs is 1. The van der Waals surface area contributed by atoms with Gasteiger partial charge in [0.1, 0.15) is 16.7 Å². The summed E-state index contributed by atoms with van der Waals surface area (Å²) in [5.74, 6) is -0.601. The Labute approximate surface area is 176 Å². The minimum absolute atomic E-state index is 0.113. The van der Waals surface area contributed by atoms with Gasteiger partial charge in [0.25, 0.3) is 0 Å². The van der Waals surface area contributed by atoms with Crippen molar-refractivity contribution >= 4 is 21.1 Å². The zero-order chi connectivity index (χ0) is 22.3. The van der Waals surface area contributed by atoms with E-state index >= 15 is 0 Å². The summed E-state index contributed by atoms with van der Waals surface area (Å²) in [4.78, 5) is 16.3. The minimum Gasteiger partial charge on any atom is -0.388 e. The standard InChI is InChI=1S/C19H18F3N5O3S/c1-18(6-9-27(10-7-18)31(28,29)13-3-2-8-23-11-13)17-16-14(24-12-25-17)4-5-15(26-16)30-19(20,21)22/h2-5,8,11-12H,6-7,9-10H2,1H3. The van der Waals surface area contributed by atoms with E-state index < -0.39 is 27.7 Å². The maximum Gasteiger partial charge on any atom is 0.574 e. The number of alkyl halides is 3. The maximum atomic E-state index is 12.8. The summed E-state index contributed by atoms with van der Waals surface area (Å²) in [5, 5.41) is 0. The highest BCUT2D eigenvalue weighted by atomic mass is 32.2. The van der Waals surface area contributed by atoms with Crippen LogP contribution in [-0.2, 0) is 15.4 Å². The van der Waals surface area contributed by atoms with E-state index in [-0.39, 0.29) is 23.5 Å². The van der Waals surface area contributed by atoms with E-state index in [0.29, 0.717) is 24.1 Å². The Morgan fingerprint density at radius 1 is 1.13 bits per heavy atom. The van der Waals surface area contributed by atoms with Crippen LogP contribution in [0.4, 0.5) is 13.2 Å². The highest BCUT2D eigenvalue weighted by Gasteiger charge is 2.39. The van der Waals surface area contributed by atoms with Crippen LogP contribution in [0.15, 0.2) is 47.9 Å². The van der Waals surface area contributed by atoms with Crippen LogP contribution in [0.3, 0.4) is 0 Å². The van der Waals surface area contributed by atoms with E-state index in [2.05, 4.69) is 24.7 Å². The lowest BCUT2D eigenvalue weighted by molar-refractivity contribution is -0.276. The number of rotatable bonds is 4. The SMILES string of the molecule is CC1(c2ncnc3ccc(OC(F)(F)F)nc23)CCN(S(=O)(=O)c2cccnc2)CC1. The van der Waals surface area contributed by atoms with Gasteiger partial charge in [-0.3, -0.25) is 4.98 Å². The highest BCUT2D eigenvalue weighted by Crippen LogP contribution is 2.38. The van der Waals surface area contributed by atoms with Crippen molar-refractivity contribution in [3.8, 4) is 5.88 Å². The fourth-order valence-electron chi connectivity index (χ4n) is 3.65. The van der Waals surface area contributed by atoms with Crippen LogP contribution in [0.2, 0.25) is 0 Å². The average molecular weight is 453 g/mol. The molecule has 0 atom stereocenters. The predicted octanol–water partition coefficient (Wildman–Crippen LogP) is 3.06. The molecule has 3 aromatic rings. The molecule has 0 aromatic carbocycles. The molecular weight excluding hydrogens is 435 g/mol. The summed E-state index contributed by atoms with van der Waals surface area (Å²) in [7, 11) is -3.69. The van der Waals surface area contributed by atoms with Gasteiger partial charge in [0, 0.05) is 37.0 Å². The van der Waals surface area contributed by atoms with Gasteiger partial charge in [-0.2, -0.15) is 4.31 Å². The van der Waals surface area contributed by atoms with Gasteiger partial charge >= 0.3 is 6.36 Å². The van der Waals surface area contributed by atoms with Crippen LogP contribution < -0.4 is 4.74 Å². The lowest BCUT2D eigenvalue weighted by atomic mass is 9.77. The fraction of sp³-hybridized carbons (Fsp3) is 0.368. The monoisotopic (exact) mass is 453 g/mol. The lowest BCUT2D eigenvalue weighted by Crippen LogP contribution is -2.44. The van der Waals surface area contributed by atoms with Gasteiger partial charge in [-0.15, -0.1) is 13.2 Å². The third kappa shape index (κ3) is 4.30. The molecule has 8 nitrogen and oxygen atoms in total. The Kier molecular flexibility index (Phi) is 5.30. The van der Waals surface area contributed by atoms with Crippen molar-refractivity contribution in [1.82, 2.24) is 24.2 Å². The summed E-state index contributed by atoms with van der Waals surface area (Å²) >= 11 is 0. The summed E-state index contributed by atoms with van der Waals surface area (Å²) in [6.07, 6.45) is 0.0682. The maximum absolute atomic E-state index is 12.8. The Balaban J connectivity index is 1.62. The van der Waals surface area contributed by atoms with Gasteiger partial charge in [-0.05, 0) is 31.0 Å². The van der Waals surface area contributed by atoms with Crippen molar-refractivity contribution in [3.05, 3.63) is 48.7 Å². The highest BCUT2D eigenvalue weighted by molar-refractivity contribution is 7.89. The Morgan fingerprint density at radius 3 is 2.52 bits per heavy atom. The Morgan fingerprint density at radius 2 is 1.87 bits per heavy atom. The van der Waals surface area contributed by atoms with Crippen LogP contribution in [0.5, 0.6) is 5.88 Å². The van der Waals surface area contributed by atoms with Crippen LogP contribution in [0, 0.1) is 0 Å². The molecule has 31 heavy (non-hydrogen) atoms. The van der Waals surface area contributed by atoms with Crippen molar-refractivity contribution in [2.45, 2.75) is 36.4 Å². The lowest BCUT2D eigenvalue weighted by Gasteiger charge is -2.38. The molecule has 4 rings (SSSR count). The molecule has 1 fully saturated rings. The summed E-state index contributed by atoms with van der Waals surface area (Å²) in [6, 6.07) is 5.53. The Bertz CT molecular complexity index is 1200. The number of nitrogens with zero attached hydrogens (tertiary/aromatic N) is 5. The third-order valence-electron chi connectivity index (χ3n) is 5.35. The average Bonchev–Trinajstić information content (AvgIpc) is 2.73. The third-order valence-corrected chi connectivity index (χ3v) is 7.23. The van der Waals surface area contributed by atoms with E-state index in [1.54, 1.807) is 6.07 Å². The first-order valence-corrected chi connectivity index (χ1v) is 10.8. The van der Waals surface area contributed by atoms with Crippen molar-refractivity contribution < 1.29 is 26.3 Å². The van der Waals surface area contributed by atoms with Crippen molar-refractivity contribution in [2.24, 2.45) is 0 Å². The van der Waals surface area contributed by atoms with Gasteiger partial charge < -0.3 is 4.74 Å². The van der Waals surface area contributed by atoms with Gasteiger partial charge in [0.2, 0.25) is 15.9 Å². The molecule has 1 aliphatic heterocycles. The van der Waals surface area contributed by atoms with Crippen LogP contribution in [0.25, 0.3) is 11.0 Å². The van der Waals surface area contributed by atoms with E-state index in [1.807, 2.05) is 6.92 Å². The summed E-state index contributed by atoms with van der Waals surface area (Å²) in [5.41, 5.74) is 0.441.